The van der Waals surface area contributed by atoms with Crippen molar-refractivity contribution >= 4 is 49.5 Å². The van der Waals surface area contributed by atoms with Crippen LogP contribution in [0.5, 0.6) is 0 Å². The third-order valence-electron chi connectivity index (χ3n) is 12.3. The molecule has 0 aliphatic heterocycles. The molecule has 0 bridgehead atoms. The molecule has 11 aromatic rings. The first-order valence-corrected chi connectivity index (χ1v) is 20.7. The van der Waals surface area contributed by atoms with Crippen LogP contribution in [0.15, 0.2) is 231 Å². The van der Waals surface area contributed by atoms with Crippen molar-refractivity contribution in [2.45, 2.75) is 0 Å². The Balaban J connectivity index is 0.938. The van der Waals surface area contributed by atoms with Crippen molar-refractivity contribution in [3.8, 4) is 61.5 Å². The molecule has 0 saturated heterocycles. The molecule has 280 valence electrons. The van der Waals surface area contributed by atoms with Crippen molar-refractivity contribution in [2.75, 3.05) is 4.90 Å². The van der Waals surface area contributed by atoms with E-state index in [1.54, 1.807) is 0 Å². The van der Waals surface area contributed by atoms with Gasteiger partial charge in [0.2, 0.25) is 0 Å². The quantitative estimate of drug-likeness (QED) is 0.157. The highest BCUT2D eigenvalue weighted by molar-refractivity contribution is 6.22. The lowest BCUT2D eigenvalue weighted by Gasteiger charge is -2.27. The van der Waals surface area contributed by atoms with Gasteiger partial charge in [0.05, 0.1) is 16.9 Å². The number of anilines is 3. The van der Waals surface area contributed by atoms with E-state index in [4.69, 9.17) is 0 Å². The molecule has 1 aromatic heterocycles. The van der Waals surface area contributed by atoms with Crippen LogP contribution in [0.25, 0.3) is 93.9 Å². The topological polar surface area (TPSA) is 8.17 Å². The summed E-state index contributed by atoms with van der Waals surface area (Å²) in [5.41, 5.74) is 18.2. The fourth-order valence-electron chi connectivity index (χ4n) is 9.54. The van der Waals surface area contributed by atoms with Gasteiger partial charge in [-0.25, -0.2) is 0 Å². The summed E-state index contributed by atoms with van der Waals surface area (Å²) in [6.45, 7) is 0. The molecular weight excluding hydrogens is 725 g/mol. The number of para-hydroxylation sites is 1. The van der Waals surface area contributed by atoms with Gasteiger partial charge in [-0.3, -0.25) is 0 Å². The average molecular weight is 763 g/mol. The molecule has 0 N–H and O–H groups in total. The molecule has 60 heavy (non-hydrogen) atoms. The summed E-state index contributed by atoms with van der Waals surface area (Å²) >= 11 is 0. The summed E-state index contributed by atoms with van der Waals surface area (Å²) in [6.07, 6.45) is 0. The van der Waals surface area contributed by atoms with Gasteiger partial charge in [-0.15, -0.1) is 0 Å². The van der Waals surface area contributed by atoms with Crippen molar-refractivity contribution in [1.82, 2.24) is 4.57 Å². The molecule has 0 atom stereocenters. The predicted molar refractivity (Wildman–Crippen MR) is 254 cm³/mol. The van der Waals surface area contributed by atoms with Crippen molar-refractivity contribution < 1.29 is 0 Å². The minimum atomic E-state index is 1.11. The van der Waals surface area contributed by atoms with Gasteiger partial charge in [0.25, 0.3) is 0 Å². The van der Waals surface area contributed by atoms with Crippen LogP contribution in [0.4, 0.5) is 17.1 Å². The Hall–Kier alpha value is -7.94. The number of hydrogen-bond acceptors (Lipinski definition) is 1. The molecule has 2 heteroatoms. The number of hydrogen-bond donors (Lipinski definition) is 0. The van der Waals surface area contributed by atoms with E-state index in [1.807, 2.05) is 0 Å². The van der Waals surface area contributed by atoms with Crippen LogP contribution in [-0.4, -0.2) is 4.57 Å². The van der Waals surface area contributed by atoms with Crippen LogP contribution in [0.3, 0.4) is 0 Å². The van der Waals surface area contributed by atoms with Crippen LogP contribution in [0.1, 0.15) is 0 Å². The Bertz CT molecular complexity index is 3390. The second-order valence-corrected chi connectivity index (χ2v) is 15.7. The maximum atomic E-state index is 2.46. The third kappa shape index (κ3) is 5.50. The van der Waals surface area contributed by atoms with Crippen molar-refractivity contribution in [1.29, 1.82) is 0 Å². The number of rotatable bonds is 7. The largest absolute Gasteiger partial charge is 0.310 e. The highest BCUT2D eigenvalue weighted by atomic mass is 15.1. The smallest absolute Gasteiger partial charge is 0.0626 e. The van der Waals surface area contributed by atoms with E-state index in [1.165, 1.54) is 93.9 Å². The summed E-state index contributed by atoms with van der Waals surface area (Å²) in [6, 6.07) is 84.0. The van der Waals surface area contributed by atoms with Crippen LogP contribution in [-0.2, 0) is 0 Å². The van der Waals surface area contributed by atoms with Gasteiger partial charge in [0, 0.05) is 39.0 Å². The average Bonchev–Trinajstić information content (AvgIpc) is 3.84. The van der Waals surface area contributed by atoms with Gasteiger partial charge in [0.15, 0.2) is 0 Å². The second kappa shape index (κ2) is 13.9. The predicted octanol–water partition coefficient (Wildman–Crippen LogP) is 16.1. The lowest BCUT2D eigenvalue weighted by molar-refractivity contribution is 1.14. The molecule has 1 heterocycles. The van der Waals surface area contributed by atoms with Gasteiger partial charge in [-0.1, -0.05) is 170 Å². The van der Waals surface area contributed by atoms with Crippen molar-refractivity contribution in [2.24, 2.45) is 0 Å². The Morgan fingerprint density at radius 1 is 0.333 bits per heavy atom. The van der Waals surface area contributed by atoms with E-state index in [0.29, 0.717) is 0 Å². The zero-order valence-electron chi connectivity index (χ0n) is 32.8. The summed E-state index contributed by atoms with van der Waals surface area (Å²) in [4.78, 5) is 2.38. The Labute approximate surface area is 349 Å². The molecule has 0 fully saturated rings. The van der Waals surface area contributed by atoms with Gasteiger partial charge in [-0.2, -0.15) is 0 Å². The van der Waals surface area contributed by atoms with Gasteiger partial charge >= 0.3 is 0 Å². The Morgan fingerprint density at radius 3 is 1.60 bits per heavy atom. The molecule has 0 saturated carbocycles. The molecule has 12 rings (SSSR count). The standard InChI is InChI=1S/C58H38N2/c1-3-13-39(14-4-1)40-27-32-48(33-28-40)59(54-26-12-16-42-15-7-8-23-50(42)54)49-34-29-41(30-35-49)44-19-9-20-45(37-44)46-31-36-55-53(38-46)57-51-24-10-17-43-18-11-25-52(56(43)51)58(57)60(55)47-21-5-2-6-22-47/h1-38H. The maximum absolute atomic E-state index is 2.46. The normalized spacial score (nSPS) is 11.7. The lowest BCUT2D eigenvalue weighted by Crippen LogP contribution is -2.10. The first-order chi connectivity index (χ1) is 29.8. The number of nitrogens with zero attached hydrogens (tertiary/aromatic N) is 2. The summed E-state index contributed by atoms with van der Waals surface area (Å²) in [7, 11) is 0. The first kappa shape index (κ1) is 34.1. The molecule has 10 aromatic carbocycles. The van der Waals surface area contributed by atoms with E-state index in [-0.39, 0.29) is 0 Å². The fourth-order valence-corrected chi connectivity index (χ4v) is 9.54. The first-order valence-electron chi connectivity index (χ1n) is 20.7. The molecule has 0 spiro atoms. The van der Waals surface area contributed by atoms with E-state index in [2.05, 4.69) is 240 Å². The molecule has 1 aliphatic rings. The van der Waals surface area contributed by atoms with Crippen LogP contribution in [0.2, 0.25) is 0 Å². The van der Waals surface area contributed by atoms with Gasteiger partial charge < -0.3 is 9.47 Å². The zero-order valence-corrected chi connectivity index (χ0v) is 32.8. The summed E-state index contributed by atoms with van der Waals surface area (Å²) < 4.78 is 2.46. The Kier molecular flexibility index (Phi) is 7.89. The number of benzene rings is 10. The highest BCUT2D eigenvalue weighted by Crippen LogP contribution is 2.53. The van der Waals surface area contributed by atoms with Gasteiger partial charge in [-0.05, 0) is 116 Å². The molecule has 0 amide bonds. The van der Waals surface area contributed by atoms with E-state index in [9.17, 15) is 0 Å². The third-order valence-corrected chi connectivity index (χ3v) is 12.3. The molecular formula is C58H38N2. The van der Waals surface area contributed by atoms with Crippen molar-refractivity contribution in [3.63, 3.8) is 0 Å². The zero-order chi connectivity index (χ0) is 39.6. The van der Waals surface area contributed by atoms with E-state index in [0.717, 1.165) is 17.1 Å². The van der Waals surface area contributed by atoms with Crippen LogP contribution >= 0.6 is 0 Å². The minimum absolute atomic E-state index is 1.11. The molecule has 0 unspecified atom stereocenters. The highest BCUT2D eigenvalue weighted by Gasteiger charge is 2.29. The summed E-state index contributed by atoms with van der Waals surface area (Å²) in [5.74, 6) is 0. The van der Waals surface area contributed by atoms with Gasteiger partial charge in [0.1, 0.15) is 0 Å². The second-order valence-electron chi connectivity index (χ2n) is 15.7. The SMILES string of the molecule is c1ccc(-c2ccc(N(c3ccc(-c4cccc(-c5ccc6c(c5)c5c(n6-c6ccccc6)-c6cccc7cccc-5c67)c4)cc3)c3cccc4ccccc34)cc2)cc1. The van der Waals surface area contributed by atoms with E-state index >= 15 is 0 Å². The van der Waals surface area contributed by atoms with Crippen LogP contribution in [0, 0.1) is 0 Å². The summed E-state index contributed by atoms with van der Waals surface area (Å²) in [5, 5.41) is 6.33. The van der Waals surface area contributed by atoms with Crippen molar-refractivity contribution in [3.05, 3.63) is 231 Å². The number of fused-ring (bicyclic) bond motifs is 6. The molecule has 1 aliphatic carbocycles. The van der Waals surface area contributed by atoms with Crippen LogP contribution < -0.4 is 4.90 Å². The molecule has 2 nitrogen and oxygen atoms in total. The van der Waals surface area contributed by atoms with E-state index < -0.39 is 0 Å². The minimum Gasteiger partial charge on any atom is -0.310 e. The Morgan fingerprint density at radius 2 is 0.850 bits per heavy atom. The number of aromatic nitrogens is 1. The molecule has 0 radical (unpaired) electrons. The fraction of sp³-hybridized carbons (Fsp3) is 0. The maximum Gasteiger partial charge on any atom is 0.0626 e. The monoisotopic (exact) mass is 762 g/mol. The lowest BCUT2D eigenvalue weighted by atomic mass is 9.96.